The lowest BCUT2D eigenvalue weighted by molar-refractivity contribution is 0.220. The fourth-order valence-electron chi connectivity index (χ4n) is 1.77. The fraction of sp³-hybridized carbons (Fsp3) is 0.200. The van der Waals surface area contributed by atoms with Crippen LogP contribution in [0, 0.1) is 0 Å². The molecule has 0 amide bonds. The molecule has 0 spiro atoms. The van der Waals surface area contributed by atoms with Crippen LogP contribution in [0.5, 0.6) is 0 Å². The molecule has 2 heteroatoms. The van der Waals surface area contributed by atoms with Gasteiger partial charge < -0.3 is 5.11 Å². The third-order valence-electron chi connectivity index (χ3n) is 2.89. The first-order valence-corrected chi connectivity index (χ1v) is 6.52. The summed E-state index contributed by atoms with van der Waals surface area (Å²) in [6.45, 7) is 2.13. The Bertz CT molecular complexity index is 473. The number of aliphatic hydroxyl groups is 1. The van der Waals surface area contributed by atoms with E-state index in [-0.39, 0.29) is 0 Å². The summed E-state index contributed by atoms with van der Waals surface area (Å²) in [5.74, 6) is 0. The van der Waals surface area contributed by atoms with Crippen LogP contribution in [0.4, 0.5) is 0 Å². The molecule has 0 bridgehead atoms. The highest BCUT2D eigenvalue weighted by Gasteiger charge is 2.09. The van der Waals surface area contributed by atoms with Gasteiger partial charge in [0, 0.05) is 4.47 Å². The zero-order valence-corrected chi connectivity index (χ0v) is 11.3. The van der Waals surface area contributed by atoms with Crippen molar-refractivity contribution in [3.8, 4) is 0 Å². The quantitative estimate of drug-likeness (QED) is 0.903. The predicted molar refractivity (Wildman–Crippen MR) is 74.0 cm³/mol. The van der Waals surface area contributed by atoms with Crippen LogP contribution in [0.3, 0.4) is 0 Å². The number of aliphatic hydroxyl groups excluding tert-OH is 1. The van der Waals surface area contributed by atoms with Crippen LogP contribution in [-0.4, -0.2) is 5.11 Å². The zero-order valence-electron chi connectivity index (χ0n) is 9.73. The first kappa shape index (κ1) is 12.3. The molecule has 0 saturated carbocycles. The summed E-state index contributed by atoms with van der Waals surface area (Å²) in [6.07, 6.45) is 0.475. The number of hydrogen-bond donors (Lipinski definition) is 1. The lowest BCUT2D eigenvalue weighted by Crippen LogP contribution is -1.99. The van der Waals surface area contributed by atoms with Gasteiger partial charge in [-0.15, -0.1) is 0 Å². The monoisotopic (exact) mass is 290 g/mol. The van der Waals surface area contributed by atoms with Gasteiger partial charge in [0.1, 0.15) is 6.10 Å². The van der Waals surface area contributed by atoms with Crippen LogP contribution in [0.2, 0.25) is 0 Å². The molecule has 0 fully saturated rings. The second kappa shape index (κ2) is 5.48. The average molecular weight is 291 g/mol. The Morgan fingerprint density at radius 2 is 1.41 bits per heavy atom. The predicted octanol–water partition coefficient (Wildman–Crippen LogP) is 4.09. The minimum Gasteiger partial charge on any atom is -0.384 e. The molecule has 1 unspecified atom stereocenters. The minimum atomic E-state index is -0.547. The average Bonchev–Trinajstić information content (AvgIpc) is 2.39. The number of aryl methyl sites for hydroxylation is 1. The minimum absolute atomic E-state index is 0.547. The highest BCUT2D eigenvalue weighted by molar-refractivity contribution is 9.10. The maximum absolute atomic E-state index is 10.2. The van der Waals surface area contributed by atoms with Gasteiger partial charge in [0.05, 0.1) is 0 Å². The van der Waals surface area contributed by atoms with Crippen molar-refractivity contribution < 1.29 is 5.11 Å². The van der Waals surface area contributed by atoms with Crippen molar-refractivity contribution in [1.29, 1.82) is 0 Å². The molecule has 0 aliphatic carbocycles. The standard InChI is InChI=1S/C15H15BrO/c1-2-11-3-5-12(6-4-11)15(17)13-7-9-14(16)10-8-13/h3-10,15,17H,2H2,1H3. The SMILES string of the molecule is CCc1ccc(C(O)c2ccc(Br)cc2)cc1. The third kappa shape index (κ3) is 2.96. The molecule has 0 aliphatic rings. The van der Waals surface area contributed by atoms with E-state index >= 15 is 0 Å². The largest absolute Gasteiger partial charge is 0.384 e. The van der Waals surface area contributed by atoms with Crippen molar-refractivity contribution in [3.05, 3.63) is 69.7 Å². The molecule has 1 atom stereocenters. The smallest absolute Gasteiger partial charge is 0.104 e. The van der Waals surface area contributed by atoms with Gasteiger partial charge in [0.15, 0.2) is 0 Å². The summed E-state index contributed by atoms with van der Waals surface area (Å²) in [7, 11) is 0. The van der Waals surface area contributed by atoms with Crippen LogP contribution >= 0.6 is 15.9 Å². The van der Waals surface area contributed by atoms with E-state index in [9.17, 15) is 5.11 Å². The zero-order chi connectivity index (χ0) is 12.3. The van der Waals surface area contributed by atoms with E-state index in [1.165, 1.54) is 5.56 Å². The van der Waals surface area contributed by atoms with Crippen molar-refractivity contribution in [3.63, 3.8) is 0 Å². The summed E-state index contributed by atoms with van der Waals surface area (Å²) >= 11 is 3.39. The van der Waals surface area contributed by atoms with Crippen LogP contribution in [0.1, 0.15) is 29.7 Å². The van der Waals surface area contributed by atoms with Crippen molar-refractivity contribution >= 4 is 15.9 Å². The lowest BCUT2D eigenvalue weighted by Gasteiger charge is -2.12. The molecule has 2 rings (SSSR count). The second-order valence-corrected chi connectivity index (χ2v) is 4.96. The Labute approximate surface area is 110 Å². The molecule has 0 heterocycles. The topological polar surface area (TPSA) is 20.2 Å². The summed E-state index contributed by atoms with van der Waals surface area (Å²) in [5, 5.41) is 10.2. The molecular formula is C15H15BrO. The Balaban J connectivity index is 2.23. The van der Waals surface area contributed by atoms with Crippen LogP contribution < -0.4 is 0 Å². The number of rotatable bonds is 3. The van der Waals surface area contributed by atoms with Crippen molar-refractivity contribution in [2.75, 3.05) is 0 Å². The van der Waals surface area contributed by atoms with E-state index in [1.54, 1.807) is 0 Å². The second-order valence-electron chi connectivity index (χ2n) is 4.05. The molecular weight excluding hydrogens is 276 g/mol. The van der Waals surface area contributed by atoms with E-state index in [0.29, 0.717) is 0 Å². The number of benzene rings is 2. The lowest BCUT2D eigenvalue weighted by atomic mass is 10.00. The first-order chi connectivity index (χ1) is 8.20. The Kier molecular flexibility index (Phi) is 3.97. The third-order valence-corrected chi connectivity index (χ3v) is 3.42. The van der Waals surface area contributed by atoms with Crippen LogP contribution in [0.25, 0.3) is 0 Å². The maximum atomic E-state index is 10.2. The fourth-order valence-corrected chi connectivity index (χ4v) is 2.04. The normalized spacial score (nSPS) is 12.4. The van der Waals surface area contributed by atoms with Gasteiger partial charge in [-0.2, -0.15) is 0 Å². The Morgan fingerprint density at radius 3 is 1.88 bits per heavy atom. The molecule has 0 radical (unpaired) electrons. The van der Waals surface area contributed by atoms with E-state index in [0.717, 1.165) is 22.0 Å². The van der Waals surface area contributed by atoms with E-state index in [4.69, 9.17) is 0 Å². The van der Waals surface area contributed by atoms with Gasteiger partial charge in [-0.3, -0.25) is 0 Å². The van der Waals surface area contributed by atoms with Crippen molar-refractivity contribution in [2.24, 2.45) is 0 Å². The highest BCUT2D eigenvalue weighted by atomic mass is 79.9. The van der Waals surface area contributed by atoms with Crippen LogP contribution in [-0.2, 0) is 6.42 Å². The van der Waals surface area contributed by atoms with Gasteiger partial charge in [-0.1, -0.05) is 59.3 Å². The molecule has 1 N–H and O–H groups in total. The number of halogens is 1. The van der Waals surface area contributed by atoms with Gasteiger partial charge in [-0.25, -0.2) is 0 Å². The highest BCUT2D eigenvalue weighted by Crippen LogP contribution is 2.23. The summed E-state index contributed by atoms with van der Waals surface area (Å²) < 4.78 is 1.02. The molecule has 2 aromatic rings. The summed E-state index contributed by atoms with van der Waals surface area (Å²) in [5.41, 5.74) is 3.14. The Hall–Kier alpha value is -1.12. The van der Waals surface area contributed by atoms with Crippen LogP contribution in [0.15, 0.2) is 53.0 Å². The molecule has 1 nitrogen and oxygen atoms in total. The molecule has 88 valence electrons. The van der Waals surface area contributed by atoms with Gasteiger partial charge in [-0.05, 0) is 35.2 Å². The molecule has 2 aromatic carbocycles. The molecule has 17 heavy (non-hydrogen) atoms. The molecule has 0 aromatic heterocycles. The maximum Gasteiger partial charge on any atom is 0.104 e. The van der Waals surface area contributed by atoms with Gasteiger partial charge in [0.2, 0.25) is 0 Å². The van der Waals surface area contributed by atoms with Crippen molar-refractivity contribution in [2.45, 2.75) is 19.4 Å². The van der Waals surface area contributed by atoms with E-state index < -0.39 is 6.10 Å². The number of hydrogen-bond acceptors (Lipinski definition) is 1. The molecule has 0 saturated heterocycles. The summed E-state index contributed by atoms with van der Waals surface area (Å²) in [4.78, 5) is 0. The van der Waals surface area contributed by atoms with E-state index in [2.05, 4.69) is 35.0 Å². The van der Waals surface area contributed by atoms with Gasteiger partial charge >= 0.3 is 0 Å². The summed E-state index contributed by atoms with van der Waals surface area (Å²) in [6, 6.07) is 15.9. The van der Waals surface area contributed by atoms with E-state index in [1.807, 2.05) is 36.4 Å². The first-order valence-electron chi connectivity index (χ1n) is 5.73. The molecule has 0 aliphatic heterocycles. The van der Waals surface area contributed by atoms with Gasteiger partial charge in [0.25, 0.3) is 0 Å². The van der Waals surface area contributed by atoms with Crippen molar-refractivity contribution in [1.82, 2.24) is 0 Å². The Morgan fingerprint density at radius 1 is 0.941 bits per heavy atom.